The molecule has 3 rings (SSSR count). The molecular formula is C15H17Cl2FN2. The average molecular weight is 315 g/mol. The van der Waals surface area contributed by atoms with Gasteiger partial charge in [0.05, 0.1) is 21.9 Å². The van der Waals surface area contributed by atoms with E-state index in [4.69, 9.17) is 23.2 Å². The quantitative estimate of drug-likeness (QED) is 0.716. The van der Waals surface area contributed by atoms with Gasteiger partial charge in [-0.25, -0.2) is 9.37 Å². The van der Waals surface area contributed by atoms with Crippen molar-refractivity contribution in [3.63, 3.8) is 0 Å². The molecule has 0 spiro atoms. The molecule has 20 heavy (non-hydrogen) atoms. The van der Waals surface area contributed by atoms with Crippen LogP contribution in [0.15, 0.2) is 12.1 Å². The lowest BCUT2D eigenvalue weighted by molar-refractivity contribution is 0.282. The van der Waals surface area contributed by atoms with Crippen molar-refractivity contribution in [2.24, 2.45) is 5.41 Å². The molecule has 2 aromatic rings. The third kappa shape index (κ3) is 2.42. The van der Waals surface area contributed by atoms with Crippen LogP contribution in [0.2, 0.25) is 5.02 Å². The Morgan fingerprint density at radius 3 is 2.70 bits per heavy atom. The fourth-order valence-electron chi connectivity index (χ4n) is 3.22. The summed E-state index contributed by atoms with van der Waals surface area (Å²) in [6.07, 6.45) is 4.92. The topological polar surface area (TPSA) is 17.8 Å². The van der Waals surface area contributed by atoms with Crippen LogP contribution in [0.3, 0.4) is 0 Å². The summed E-state index contributed by atoms with van der Waals surface area (Å²) >= 11 is 11.8. The van der Waals surface area contributed by atoms with Crippen LogP contribution in [0.1, 0.15) is 38.4 Å². The van der Waals surface area contributed by atoms with E-state index in [2.05, 4.69) is 16.5 Å². The number of nitrogens with zero attached hydrogens (tertiary/aromatic N) is 2. The smallest absolute Gasteiger partial charge is 0.144 e. The number of aromatic nitrogens is 2. The van der Waals surface area contributed by atoms with Crippen LogP contribution in [-0.4, -0.2) is 9.55 Å². The molecule has 1 aromatic heterocycles. The van der Waals surface area contributed by atoms with Crippen LogP contribution in [0.25, 0.3) is 11.0 Å². The molecule has 108 valence electrons. The highest BCUT2D eigenvalue weighted by Gasteiger charge is 2.30. The van der Waals surface area contributed by atoms with Gasteiger partial charge in [-0.15, -0.1) is 11.6 Å². The van der Waals surface area contributed by atoms with Crippen molar-refractivity contribution < 1.29 is 4.39 Å². The number of alkyl halides is 1. The molecule has 1 aromatic carbocycles. The molecule has 0 atom stereocenters. The zero-order valence-electron chi connectivity index (χ0n) is 11.4. The molecule has 1 aliphatic carbocycles. The van der Waals surface area contributed by atoms with Crippen LogP contribution < -0.4 is 0 Å². The monoisotopic (exact) mass is 314 g/mol. The standard InChI is InChI=1S/C15H17Cl2FN2/c1-15(4-2-3-5-15)9-20-13-7-11(18)10(17)6-12(13)19-14(20)8-16/h6-7H,2-5,8-9H2,1H3. The number of imidazole rings is 1. The Bertz CT molecular complexity index is 645. The number of fused-ring (bicyclic) bond motifs is 1. The summed E-state index contributed by atoms with van der Waals surface area (Å²) in [5, 5.41) is 0.107. The van der Waals surface area contributed by atoms with Crippen LogP contribution >= 0.6 is 23.2 Å². The maximum atomic E-state index is 13.7. The van der Waals surface area contributed by atoms with E-state index in [0.717, 1.165) is 17.9 Å². The lowest BCUT2D eigenvalue weighted by atomic mass is 9.89. The number of benzene rings is 1. The predicted octanol–water partition coefficient (Wildman–Crippen LogP) is 5.15. The summed E-state index contributed by atoms with van der Waals surface area (Å²) in [4.78, 5) is 4.49. The Kier molecular flexibility index (Phi) is 3.67. The fourth-order valence-corrected chi connectivity index (χ4v) is 3.58. The van der Waals surface area contributed by atoms with Crippen LogP contribution in [0, 0.1) is 11.2 Å². The number of hydrogen-bond donors (Lipinski definition) is 0. The fraction of sp³-hybridized carbons (Fsp3) is 0.533. The molecule has 0 saturated heterocycles. The van der Waals surface area contributed by atoms with E-state index >= 15 is 0 Å². The second-order valence-corrected chi connectivity index (χ2v) is 6.70. The molecular weight excluding hydrogens is 298 g/mol. The van der Waals surface area contributed by atoms with Crippen molar-refractivity contribution in [1.29, 1.82) is 0 Å². The van der Waals surface area contributed by atoms with Gasteiger partial charge in [0.25, 0.3) is 0 Å². The molecule has 0 aliphatic heterocycles. The lowest BCUT2D eigenvalue weighted by Gasteiger charge is -2.25. The van der Waals surface area contributed by atoms with Gasteiger partial charge in [0.2, 0.25) is 0 Å². The van der Waals surface area contributed by atoms with E-state index in [1.807, 2.05) is 0 Å². The molecule has 0 bridgehead atoms. The predicted molar refractivity (Wildman–Crippen MR) is 80.8 cm³/mol. The highest BCUT2D eigenvalue weighted by atomic mass is 35.5. The molecule has 1 fully saturated rings. The average Bonchev–Trinajstić information content (AvgIpc) is 2.96. The molecule has 0 radical (unpaired) electrons. The maximum Gasteiger partial charge on any atom is 0.144 e. The minimum atomic E-state index is -0.405. The van der Waals surface area contributed by atoms with Crippen molar-refractivity contribution in [1.82, 2.24) is 9.55 Å². The molecule has 0 N–H and O–H groups in total. The van der Waals surface area contributed by atoms with Gasteiger partial charge >= 0.3 is 0 Å². The normalized spacial score (nSPS) is 18.0. The first kappa shape index (κ1) is 14.2. The Balaban J connectivity index is 2.10. The van der Waals surface area contributed by atoms with Crippen molar-refractivity contribution in [3.8, 4) is 0 Å². The Hall–Kier alpha value is -0.800. The number of hydrogen-bond acceptors (Lipinski definition) is 1. The summed E-state index contributed by atoms with van der Waals surface area (Å²) in [5.41, 5.74) is 1.76. The van der Waals surface area contributed by atoms with Gasteiger partial charge in [-0.1, -0.05) is 31.4 Å². The molecule has 5 heteroatoms. The summed E-state index contributed by atoms with van der Waals surface area (Å²) in [5.74, 6) is 0.707. The largest absolute Gasteiger partial charge is 0.326 e. The Labute approximate surface area is 127 Å². The van der Waals surface area contributed by atoms with Crippen molar-refractivity contribution in [3.05, 3.63) is 28.8 Å². The Morgan fingerprint density at radius 1 is 1.35 bits per heavy atom. The molecule has 0 amide bonds. The lowest BCUT2D eigenvalue weighted by Crippen LogP contribution is -2.20. The molecule has 1 heterocycles. The second kappa shape index (κ2) is 5.19. The molecule has 1 saturated carbocycles. The van der Waals surface area contributed by atoms with Crippen molar-refractivity contribution in [2.75, 3.05) is 0 Å². The van der Waals surface area contributed by atoms with E-state index in [0.29, 0.717) is 11.4 Å². The summed E-state index contributed by atoms with van der Waals surface area (Å²) in [6.45, 7) is 3.13. The van der Waals surface area contributed by atoms with Crippen LogP contribution in [0.4, 0.5) is 4.39 Å². The van der Waals surface area contributed by atoms with E-state index in [9.17, 15) is 4.39 Å². The third-order valence-electron chi connectivity index (χ3n) is 4.34. The maximum absolute atomic E-state index is 13.7. The highest BCUT2D eigenvalue weighted by Crippen LogP contribution is 2.40. The van der Waals surface area contributed by atoms with Gasteiger partial charge in [0.15, 0.2) is 0 Å². The van der Waals surface area contributed by atoms with E-state index in [-0.39, 0.29) is 10.4 Å². The minimum absolute atomic E-state index is 0.107. The van der Waals surface area contributed by atoms with Crippen molar-refractivity contribution >= 4 is 34.2 Å². The first-order valence-corrected chi connectivity index (χ1v) is 7.84. The summed E-state index contributed by atoms with van der Waals surface area (Å²) < 4.78 is 15.8. The number of rotatable bonds is 3. The van der Waals surface area contributed by atoms with Crippen LogP contribution in [-0.2, 0) is 12.4 Å². The van der Waals surface area contributed by atoms with Gasteiger partial charge in [-0.2, -0.15) is 0 Å². The highest BCUT2D eigenvalue weighted by molar-refractivity contribution is 6.31. The Morgan fingerprint density at radius 2 is 2.05 bits per heavy atom. The summed E-state index contributed by atoms with van der Waals surface area (Å²) in [7, 11) is 0. The molecule has 2 nitrogen and oxygen atoms in total. The van der Waals surface area contributed by atoms with Gasteiger partial charge in [0, 0.05) is 12.6 Å². The first-order chi connectivity index (χ1) is 9.52. The van der Waals surface area contributed by atoms with E-state index < -0.39 is 5.82 Å². The molecule has 0 unspecified atom stereocenters. The van der Waals surface area contributed by atoms with Crippen LogP contribution in [0.5, 0.6) is 0 Å². The molecule has 1 aliphatic rings. The third-order valence-corrected chi connectivity index (χ3v) is 4.87. The minimum Gasteiger partial charge on any atom is -0.326 e. The van der Waals surface area contributed by atoms with Gasteiger partial charge in [-0.05, 0) is 24.3 Å². The first-order valence-electron chi connectivity index (χ1n) is 6.92. The number of halogens is 3. The van der Waals surface area contributed by atoms with Gasteiger partial charge in [0.1, 0.15) is 11.6 Å². The zero-order valence-corrected chi connectivity index (χ0v) is 12.9. The van der Waals surface area contributed by atoms with Crippen molar-refractivity contribution in [2.45, 2.75) is 45.0 Å². The second-order valence-electron chi connectivity index (χ2n) is 6.02. The van der Waals surface area contributed by atoms with E-state index in [1.165, 1.54) is 31.7 Å². The summed E-state index contributed by atoms with van der Waals surface area (Å²) in [6, 6.07) is 3.05. The van der Waals surface area contributed by atoms with E-state index in [1.54, 1.807) is 6.07 Å². The van der Waals surface area contributed by atoms with Gasteiger partial charge < -0.3 is 4.57 Å². The van der Waals surface area contributed by atoms with Gasteiger partial charge in [-0.3, -0.25) is 0 Å². The zero-order chi connectivity index (χ0) is 14.3. The SMILES string of the molecule is CC1(Cn2c(CCl)nc3cc(Cl)c(F)cc32)CCCC1.